The molecule has 1 saturated heterocycles. The molecule has 1 aromatic rings. The molecule has 0 spiro atoms. The number of nitrogens with zero attached hydrogens (tertiary/aromatic N) is 2. The Morgan fingerprint density at radius 1 is 1.47 bits per heavy atom. The molecule has 0 unspecified atom stereocenters. The Morgan fingerprint density at radius 2 is 2.24 bits per heavy atom. The summed E-state index contributed by atoms with van der Waals surface area (Å²) >= 11 is 4.87. The molecular weight excluding hydrogens is 234 g/mol. The molecule has 2 N–H and O–H groups in total. The smallest absolute Gasteiger partial charge is 0.123 e. The van der Waals surface area contributed by atoms with E-state index in [2.05, 4.69) is 9.88 Å². The quantitative estimate of drug-likeness (QED) is 0.797. The first-order chi connectivity index (χ1) is 8.25. The van der Waals surface area contributed by atoms with Crippen LogP contribution in [0.25, 0.3) is 0 Å². The number of pyridine rings is 1. The molecule has 1 aliphatic rings. The van der Waals surface area contributed by atoms with Crippen molar-refractivity contribution in [2.75, 3.05) is 26.2 Å². The lowest BCUT2D eigenvalue weighted by molar-refractivity contribution is 0.237. The number of hydrogen-bond donors (Lipinski definition) is 1. The van der Waals surface area contributed by atoms with Crippen molar-refractivity contribution in [3.8, 4) is 5.75 Å². The summed E-state index contributed by atoms with van der Waals surface area (Å²) in [4.78, 5) is 6.78. The predicted octanol–water partition coefficient (Wildman–Crippen LogP) is 1.19. The lowest BCUT2D eigenvalue weighted by atomic mass is 10.3. The van der Waals surface area contributed by atoms with Crippen LogP contribution in [0.5, 0.6) is 5.75 Å². The van der Waals surface area contributed by atoms with Gasteiger partial charge < -0.3 is 10.5 Å². The Hall–Kier alpha value is -1.20. The summed E-state index contributed by atoms with van der Waals surface area (Å²) < 4.78 is 5.66. The molecule has 0 aromatic carbocycles. The normalized spacial score (nSPS) is 16.0. The van der Waals surface area contributed by atoms with Crippen LogP contribution in [0.4, 0.5) is 0 Å². The van der Waals surface area contributed by atoms with Gasteiger partial charge in [0.05, 0.1) is 0 Å². The highest BCUT2D eigenvalue weighted by Crippen LogP contribution is 2.12. The monoisotopic (exact) mass is 251 g/mol. The maximum Gasteiger partial charge on any atom is 0.123 e. The number of likely N-dealkylation sites (tertiary alicyclic amines) is 1. The molecule has 0 aliphatic carbocycles. The average Bonchev–Trinajstić information content (AvgIpc) is 2.82. The van der Waals surface area contributed by atoms with Gasteiger partial charge in [0.15, 0.2) is 0 Å². The van der Waals surface area contributed by atoms with E-state index in [0.29, 0.717) is 17.3 Å². The maximum absolute atomic E-state index is 5.66. The molecule has 0 radical (unpaired) electrons. The third-order valence-corrected chi connectivity index (χ3v) is 3.07. The van der Waals surface area contributed by atoms with Crippen molar-refractivity contribution in [3.05, 3.63) is 24.0 Å². The maximum atomic E-state index is 5.66. The number of thiocarbonyl (C=S) groups is 1. The summed E-state index contributed by atoms with van der Waals surface area (Å²) in [6.45, 7) is 4.06. The molecule has 1 aromatic heterocycles. The van der Waals surface area contributed by atoms with Gasteiger partial charge in [0.1, 0.15) is 23.0 Å². The third-order valence-electron chi connectivity index (χ3n) is 2.86. The molecular formula is C12H17N3OS. The van der Waals surface area contributed by atoms with Crippen LogP contribution in [0.3, 0.4) is 0 Å². The van der Waals surface area contributed by atoms with Crippen LogP contribution >= 0.6 is 12.2 Å². The highest BCUT2D eigenvalue weighted by Gasteiger charge is 2.10. The van der Waals surface area contributed by atoms with Crippen LogP contribution in [0.2, 0.25) is 0 Å². The van der Waals surface area contributed by atoms with Gasteiger partial charge in [-0.1, -0.05) is 12.2 Å². The summed E-state index contributed by atoms with van der Waals surface area (Å²) in [6, 6.07) is 3.61. The fraction of sp³-hybridized carbons (Fsp3) is 0.500. The SMILES string of the molecule is NC(=S)c1cc(OCCN2CCCC2)ccn1. The lowest BCUT2D eigenvalue weighted by Gasteiger charge is -2.14. The summed E-state index contributed by atoms with van der Waals surface area (Å²) in [5, 5.41) is 0. The zero-order valence-electron chi connectivity index (χ0n) is 9.76. The van der Waals surface area contributed by atoms with Gasteiger partial charge in [0.25, 0.3) is 0 Å². The van der Waals surface area contributed by atoms with E-state index in [-0.39, 0.29) is 0 Å². The zero-order valence-corrected chi connectivity index (χ0v) is 10.6. The van der Waals surface area contributed by atoms with E-state index < -0.39 is 0 Å². The third kappa shape index (κ3) is 3.64. The van der Waals surface area contributed by atoms with Gasteiger partial charge in [-0.3, -0.25) is 9.88 Å². The van der Waals surface area contributed by atoms with Gasteiger partial charge in [-0.25, -0.2) is 0 Å². The topological polar surface area (TPSA) is 51.4 Å². The molecule has 0 bridgehead atoms. The number of ether oxygens (including phenoxy) is 1. The minimum absolute atomic E-state index is 0.301. The Balaban J connectivity index is 1.81. The van der Waals surface area contributed by atoms with Gasteiger partial charge in [-0.05, 0) is 32.0 Å². The molecule has 2 rings (SSSR count). The van der Waals surface area contributed by atoms with E-state index >= 15 is 0 Å². The van der Waals surface area contributed by atoms with Crippen molar-refractivity contribution in [3.63, 3.8) is 0 Å². The van der Waals surface area contributed by atoms with Crippen molar-refractivity contribution in [1.29, 1.82) is 0 Å². The summed E-state index contributed by atoms with van der Waals surface area (Å²) in [5.41, 5.74) is 6.13. The van der Waals surface area contributed by atoms with Gasteiger partial charge in [0.2, 0.25) is 0 Å². The second-order valence-electron chi connectivity index (χ2n) is 4.14. The average molecular weight is 251 g/mol. The van der Waals surface area contributed by atoms with E-state index in [0.717, 1.165) is 12.3 Å². The minimum atomic E-state index is 0.301. The molecule has 5 heteroatoms. The molecule has 0 saturated carbocycles. The Kier molecular flexibility index (Phi) is 4.28. The first-order valence-corrected chi connectivity index (χ1v) is 6.27. The number of aromatic nitrogens is 1. The van der Waals surface area contributed by atoms with E-state index in [1.165, 1.54) is 25.9 Å². The first-order valence-electron chi connectivity index (χ1n) is 5.87. The van der Waals surface area contributed by atoms with E-state index in [9.17, 15) is 0 Å². The molecule has 4 nitrogen and oxygen atoms in total. The number of nitrogens with two attached hydrogens (primary N) is 1. The highest BCUT2D eigenvalue weighted by atomic mass is 32.1. The molecule has 1 aliphatic heterocycles. The molecule has 92 valence electrons. The molecule has 2 heterocycles. The van der Waals surface area contributed by atoms with Crippen LogP contribution in [0.15, 0.2) is 18.3 Å². The summed E-state index contributed by atoms with van der Waals surface area (Å²) in [7, 11) is 0. The van der Waals surface area contributed by atoms with Crippen LogP contribution in [0.1, 0.15) is 18.5 Å². The van der Waals surface area contributed by atoms with Crippen molar-refractivity contribution in [1.82, 2.24) is 9.88 Å². The largest absolute Gasteiger partial charge is 0.492 e. The van der Waals surface area contributed by atoms with Crippen molar-refractivity contribution in [2.45, 2.75) is 12.8 Å². The van der Waals surface area contributed by atoms with Crippen molar-refractivity contribution < 1.29 is 4.74 Å². The fourth-order valence-corrected chi connectivity index (χ4v) is 2.05. The van der Waals surface area contributed by atoms with Gasteiger partial charge in [-0.15, -0.1) is 0 Å². The highest BCUT2D eigenvalue weighted by molar-refractivity contribution is 7.80. The molecule has 17 heavy (non-hydrogen) atoms. The molecule has 1 fully saturated rings. The van der Waals surface area contributed by atoms with Crippen LogP contribution < -0.4 is 10.5 Å². The summed E-state index contributed by atoms with van der Waals surface area (Å²) in [6.07, 6.45) is 4.28. The van der Waals surface area contributed by atoms with Crippen molar-refractivity contribution >= 4 is 17.2 Å². The van der Waals surface area contributed by atoms with Crippen LogP contribution in [-0.2, 0) is 0 Å². The van der Waals surface area contributed by atoms with Gasteiger partial charge >= 0.3 is 0 Å². The Labute approximate surface area is 107 Å². The second-order valence-corrected chi connectivity index (χ2v) is 4.58. The van der Waals surface area contributed by atoms with Gasteiger partial charge in [0, 0.05) is 18.8 Å². The van der Waals surface area contributed by atoms with E-state index in [4.69, 9.17) is 22.7 Å². The van der Waals surface area contributed by atoms with Gasteiger partial charge in [-0.2, -0.15) is 0 Å². The van der Waals surface area contributed by atoms with Crippen LogP contribution in [-0.4, -0.2) is 41.1 Å². The second kappa shape index (κ2) is 5.93. The minimum Gasteiger partial charge on any atom is -0.492 e. The van der Waals surface area contributed by atoms with E-state index in [1.807, 2.05) is 6.07 Å². The molecule has 0 amide bonds. The lowest BCUT2D eigenvalue weighted by Crippen LogP contribution is -2.25. The standard InChI is InChI=1S/C12H17N3OS/c13-12(17)11-9-10(3-4-14-11)16-8-7-15-5-1-2-6-15/h3-4,9H,1-2,5-8H2,(H2,13,17). The van der Waals surface area contributed by atoms with Crippen LogP contribution in [0, 0.1) is 0 Å². The fourth-order valence-electron chi connectivity index (χ4n) is 1.93. The number of hydrogen-bond acceptors (Lipinski definition) is 4. The molecule has 0 atom stereocenters. The Morgan fingerprint density at radius 3 is 2.94 bits per heavy atom. The Bertz CT molecular complexity index is 391. The summed E-state index contributed by atoms with van der Waals surface area (Å²) in [5.74, 6) is 0.780. The van der Waals surface area contributed by atoms with E-state index in [1.54, 1.807) is 12.3 Å². The van der Waals surface area contributed by atoms with Crippen molar-refractivity contribution in [2.24, 2.45) is 5.73 Å². The predicted molar refractivity (Wildman–Crippen MR) is 71.3 cm³/mol. The number of rotatable bonds is 5. The first kappa shape index (κ1) is 12.3. The zero-order chi connectivity index (χ0) is 12.1.